The molecule has 0 saturated carbocycles. The topological polar surface area (TPSA) is 40.5 Å². The summed E-state index contributed by atoms with van der Waals surface area (Å²) < 4.78 is 0. The van der Waals surface area contributed by atoms with E-state index in [-0.39, 0.29) is 17.9 Å². The Bertz CT molecular complexity index is 708. The summed E-state index contributed by atoms with van der Waals surface area (Å²) in [6, 6.07) is 16.5. The Morgan fingerprint density at radius 2 is 1.90 bits per heavy atom. The summed E-state index contributed by atoms with van der Waals surface area (Å²) in [5.41, 5.74) is 4.77. The van der Waals surface area contributed by atoms with E-state index in [9.17, 15) is 9.90 Å². The van der Waals surface area contributed by atoms with Crippen LogP contribution < -0.4 is 0 Å². The lowest BCUT2D eigenvalue weighted by atomic mass is 9.79. The van der Waals surface area contributed by atoms with Gasteiger partial charge in [-0.05, 0) is 29.2 Å². The monoisotopic (exact) mass is 279 g/mol. The molecule has 2 aromatic rings. The molecule has 3 heteroatoms. The molecule has 1 saturated heterocycles. The lowest BCUT2D eigenvalue weighted by Gasteiger charge is -2.44. The molecule has 0 aromatic heterocycles. The first-order valence-corrected chi connectivity index (χ1v) is 7.34. The summed E-state index contributed by atoms with van der Waals surface area (Å²) in [7, 11) is 0. The number of rotatable bonds is 2. The first-order chi connectivity index (χ1) is 10.2. The van der Waals surface area contributed by atoms with E-state index in [1.165, 1.54) is 22.3 Å². The second kappa shape index (κ2) is 4.43. The van der Waals surface area contributed by atoms with Crippen LogP contribution in [-0.2, 0) is 11.3 Å². The fourth-order valence-corrected chi connectivity index (χ4v) is 3.71. The SMILES string of the molecule is C[C@@H](O)[C@H]1C(=O)N2Cc3cccc(-c4ccccc4)c3[C@H]12. The fraction of sp³-hybridized carbons (Fsp3) is 0.278. The number of carbonyl (C=O) groups excluding carboxylic acids is 1. The van der Waals surface area contributed by atoms with E-state index in [1.807, 2.05) is 23.1 Å². The highest BCUT2D eigenvalue weighted by Crippen LogP contribution is 2.51. The third kappa shape index (κ3) is 1.67. The molecular formula is C18H17NO2. The van der Waals surface area contributed by atoms with Crippen molar-refractivity contribution in [2.24, 2.45) is 5.92 Å². The van der Waals surface area contributed by atoms with Gasteiger partial charge in [0.25, 0.3) is 0 Å². The van der Waals surface area contributed by atoms with Crippen LogP contribution in [0.5, 0.6) is 0 Å². The molecule has 1 amide bonds. The Balaban J connectivity index is 1.86. The average molecular weight is 279 g/mol. The van der Waals surface area contributed by atoms with E-state index >= 15 is 0 Å². The Morgan fingerprint density at radius 1 is 1.14 bits per heavy atom. The molecule has 2 aromatic carbocycles. The van der Waals surface area contributed by atoms with Crippen LogP contribution in [0.4, 0.5) is 0 Å². The molecule has 4 rings (SSSR count). The number of carbonyl (C=O) groups is 1. The third-order valence-electron chi connectivity index (χ3n) is 4.68. The van der Waals surface area contributed by atoms with Crippen molar-refractivity contribution in [3.8, 4) is 11.1 Å². The quantitative estimate of drug-likeness (QED) is 0.859. The van der Waals surface area contributed by atoms with Gasteiger partial charge < -0.3 is 10.0 Å². The van der Waals surface area contributed by atoms with Crippen LogP contribution in [0.2, 0.25) is 0 Å². The number of amides is 1. The second-order valence-corrected chi connectivity index (χ2v) is 5.92. The molecule has 3 atom stereocenters. The van der Waals surface area contributed by atoms with Crippen LogP contribution in [0.1, 0.15) is 24.1 Å². The summed E-state index contributed by atoms with van der Waals surface area (Å²) in [6.07, 6.45) is -0.603. The minimum absolute atomic E-state index is 0.0314. The van der Waals surface area contributed by atoms with E-state index in [0.717, 1.165) is 0 Å². The van der Waals surface area contributed by atoms with Crippen molar-refractivity contribution >= 4 is 5.91 Å². The Labute approximate surface area is 123 Å². The van der Waals surface area contributed by atoms with Crippen molar-refractivity contribution in [2.75, 3.05) is 0 Å². The van der Waals surface area contributed by atoms with Gasteiger partial charge >= 0.3 is 0 Å². The Hall–Kier alpha value is -2.13. The van der Waals surface area contributed by atoms with Gasteiger partial charge in [-0.1, -0.05) is 48.5 Å². The molecule has 3 nitrogen and oxygen atoms in total. The summed E-state index contributed by atoms with van der Waals surface area (Å²) in [4.78, 5) is 14.1. The van der Waals surface area contributed by atoms with Crippen molar-refractivity contribution in [2.45, 2.75) is 25.6 Å². The number of hydrogen-bond acceptors (Lipinski definition) is 2. The van der Waals surface area contributed by atoms with Crippen molar-refractivity contribution < 1.29 is 9.90 Å². The predicted molar refractivity (Wildman–Crippen MR) is 80.3 cm³/mol. The number of β-lactam (4-membered cyclic amide) rings is 1. The molecule has 1 N–H and O–H groups in total. The summed E-state index contributed by atoms with van der Waals surface area (Å²) in [5.74, 6) is -0.221. The maximum atomic E-state index is 12.2. The van der Waals surface area contributed by atoms with E-state index < -0.39 is 6.10 Å². The maximum Gasteiger partial charge on any atom is 0.231 e. The Kier molecular flexibility index (Phi) is 2.66. The molecular weight excluding hydrogens is 262 g/mol. The molecule has 0 radical (unpaired) electrons. The lowest BCUT2D eigenvalue weighted by Crippen LogP contribution is -2.55. The summed E-state index contributed by atoms with van der Waals surface area (Å²) in [5, 5.41) is 9.93. The molecule has 2 heterocycles. The molecule has 0 bridgehead atoms. The number of aliphatic hydroxyl groups is 1. The minimum atomic E-state index is -0.603. The van der Waals surface area contributed by atoms with Crippen LogP contribution in [0.3, 0.4) is 0 Å². The van der Waals surface area contributed by atoms with Gasteiger partial charge in [0.15, 0.2) is 0 Å². The van der Waals surface area contributed by atoms with Gasteiger partial charge in [-0.15, -0.1) is 0 Å². The van der Waals surface area contributed by atoms with E-state index in [0.29, 0.717) is 6.54 Å². The lowest BCUT2D eigenvalue weighted by molar-refractivity contribution is -0.163. The van der Waals surface area contributed by atoms with Gasteiger partial charge in [0.2, 0.25) is 5.91 Å². The van der Waals surface area contributed by atoms with Crippen LogP contribution in [0, 0.1) is 5.92 Å². The molecule has 106 valence electrons. The number of aliphatic hydroxyl groups excluding tert-OH is 1. The predicted octanol–water partition coefficient (Wildman–Crippen LogP) is 2.75. The van der Waals surface area contributed by atoms with Crippen LogP contribution in [-0.4, -0.2) is 22.0 Å². The normalized spacial score (nSPS) is 24.3. The van der Waals surface area contributed by atoms with Crippen LogP contribution >= 0.6 is 0 Å². The largest absolute Gasteiger partial charge is 0.392 e. The van der Waals surface area contributed by atoms with Gasteiger partial charge in [0.1, 0.15) is 0 Å². The maximum absolute atomic E-state index is 12.2. The highest BCUT2D eigenvalue weighted by Gasteiger charge is 2.54. The zero-order chi connectivity index (χ0) is 14.6. The third-order valence-corrected chi connectivity index (χ3v) is 4.68. The molecule has 21 heavy (non-hydrogen) atoms. The molecule has 0 unspecified atom stereocenters. The standard InChI is InChI=1S/C18H17NO2/c1-11(20)15-17-16-13(10-19(17)18(15)21)8-5-9-14(16)12-6-3-2-4-7-12/h2-9,11,15,17,20H,10H2,1H3/t11-,15-,17+/m1/s1. The first-order valence-electron chi connectivity index (χ1n) is 7.34. The van der Waals surface area contributed by atoms with Gasteiger partial charge in [-0.2, -0.15) is 0 Å². The fourth-order valence-electron chi connectivity index (χ4n) is 3.71. The number of benzene rings is 2. The van der Waals surface area contributed by atoms with E-state index in [4.69, 9.17) is 0 Å². The van der Waals surface area contributed by atoms with Crippen LogP contribution in [0.15, 0.2) is 48.5 Å². The zero-order valence-corrected chi connectivity index (χ0v) is 11.9. The van der Waals surface area contributed by atoms with Gasteiger partial charge in [0.05, 0.1) is 18.1 Å². The average Bonchev–Trinajstić information content (AvgIpc) is 2.82. The summed E-state index contributed by atoms with van der Waals surface area (Å²) in [6.45, 7) is 2.38. The van der Waals surface area contributed by atoms with Crippen LogP contribution in [0.25, 0.3) is 11.1 Å². The van der Waals surface area contributed by atoms with Crippen molar-refractivity contribution in [1.82, 2.24) is 4.90 Å². The zero-order valence-electron chi connectivity index (χ0n) is 11.9. The van der Waals surface area contributed by atoms with Crippen molar-refractivity contribution in [3.05, 3.63) is 59.7 Å². The second-order valence-electron chi connectivity index (χ2n) is 5.92. The number of hydrogen-bond donors (Lipinski definition) is 1. The highest BCUT2D eigenvalue weighted by atomic mass is 16.3. The minimum Gasteiger partial charge on any atom is -0.392 e. The Morgan fingerprint density at radius 3 is 2.62 bits per heavy atom. The number of nitrogens with zero attached hydrogens (tertiary/aromatic N) is 1. The molecule has 0 aliphatic carbocycles. The van der Waals surface area contributed by atoms with Crippen molar-refractivity contribution in [1.29, 1.82) is 0 Å². The van der Waals surface area contributed by atoms with Gasteiger partial charge in [0, 0.05) is 6.54 Å². The molecule has 2 aliphatic heterocycles. The van der Waals surface area contributed by atoms with Crippen molar-refractivity contribution in [3.63, 3.8) is 0 Å². The molecule has 0 spiro atoms. The molecule has 2 aliphatic rings. The van der Waals surface area contributed by atoms with E-state index in [2.05, 4.69) is 30.3 Å². The highest BCUT2D eigenvalue weighted by molar-refractivity contribution is 5.90. The molecule has 1 fully saturated rings. The van der Waals surface area contributed by atoms with E-state index in [1.54, 1.807) is 6.92 Å². The van der Waals surface area contributed by atoms with Gasteiger partial charge in [-0.25, -0.2) is 0 Å². The number of fused-ring (bicyclic) bond motifs is 3. The summed E-state index contributed by atoms with van der Waals surface area (Å²) >= 11 is 0. The smallest absolute Gasteiger partial charge is 0.231 e. The van der Waals surface area contributed by atoms with Gasteiger partial charge in [-0.3, -0.25) is 4.79 Å². The first kappa shape index (κ1) is 12.6.